The van der Waals surface area contributed by atoms with Crippen LogP contribution in [0, 0.1) is 0 Å². The fraction of sp³-hybridized carbons (Fsp3) is 0.556. The zero-order valence-electron chi connectivity index (χ0n) is 15.9. The number of rotatable bonds is 5. The summed E-state index contributed by atoms with van der Waals surface area (Å²) in [4.78, 5) is 4.57. The molecule has 1 aromatic carbocycles. The van der Waals surface area contributed by atoms with Gasteiger partial charge < -0.3 is 4.90 Å². The van der Waals surface area contributed by atoms with Crippen molar-refractivity contribution in [3.63, 3.8) is 0 Å². The van der Waals surface area contributed by atoms with Gasteiger partial charge in [-0.05, 0) is 24.7 Å². The first-order valence-electron chi connectivity index (χ1n) is 9.43. The molecule has 2 aliphatic rings. The molecule has 28 heavy (non-hydrogen) atoms. The van der Waals surface area contributed by atoms with Crippen molar-refractivity contribution in [2.75, 3.05) is 45.5 Å². The minimum Gasteiger partial charge on any atom is -0.304 e. The third-order valence-corrected chi connectivity index (χ3v) is 7.53. The van der Waals surface area contributed by atoms with E-state index in [-0.39, 0.29) is 18.3 Å². The average Bonchev–Trinajstić information content (AvgIpc) is 3.20. The lowest BCUT2D eigenvalue weighted by atomic mass is 10.2. The van der Waals surface area contributed by atoms with E-state index in [0.29, 0.717) is 23.8 Å². The molecular formula is C18H25ClN6O2S. The molecule has 0 amide bonds. The number of nitrogens with zero attached hydrogens (tertiary/aromatic N) is 6. The molecule has 1 aromatic heterocycles. The van der Waals surface area contributed by atoms with Gasteiger partial charge in [-0.3, -0.25) is 4.90 Å². The minimum atomic E-state index is -3.27. The van der Waals surface area contributed by atoms with Gasteiger partial charge in [-0.1, -0.05) is 28.9 Å². The molecule has 152 valence electrons. The second-order valence-corrected chi connectivity index (χ2v) is 10.1. The van der Waals surface area contributed by atoms with E-state index in [1.807, 2.05) is 24.3 Å². The molecule has 2 aliphatic heterocycles. The zero-order valence-corrected chi connectivity index (χ0v) is 17.5. The standard InChI is InChI=1S/C18H25ClN6O2S/c1-22-5-7-23(8-6-22)18-13-25(28(26,27)14-18)12-17-11-24(21-20-17)10-15-3-2-4-16(19)9-15/h2-4,9,11,18H,5-8,10,12-14H2,1H3. The van der Waals surface area contributed by atoms with Gasteiger partial charge in [0.25, 0.3) is 0 Å². The number of aromatic nitrogens is 3. The van der Waals surface area contributed by atoms with Crippen LogP contribution in [0.5, 0.6) is 0 Å². The molecule has 0 bridgehead atoms. The number of hydrogen-bond donors (Lipinski definition) is 0. The van der Waals surface area contributed by atoms with E-state index in [1.165, 1.54) is 0 Å². The molecule has 0 aliphatic carbocycles. The normalized spacial score (nSPS) is 24.0. The number of halogens is 1. The number of piperazine rings is 1. The Hall–Kier alpha value is -1.52. The van der Waals surface area contributed by atoms with Crippen LogP contribution in [-0.2, 0) is 23.1 Å². The van der Waals surface area contributed by atoms with E-state index in [2.05, 4.69) is 27.2 Å². The maximum atomic E-state index is 12.6. The molecule has 0 spiro atoms. The fourth-order valence-corrected chi connectivity index (χ4v) is 5.77. The summed E-state index contributed by atoms with van der Waals surface area (Å²) in [5.41, 5.74) is 1.68. The zero-order chi connectivity index (χ0) is 19.7. The van der Waals surface area contributed by atoms with Crippen LogP contribution in [0.1, 0.15) is 11.3 Å². The first kappa shape index (κ1) is 19.8. The van der Waals surface area contributed by atoms with Crippen molar-refractivity contribution in [2.45, 2.75) is 19.1 Å². The van der Waals surface area contributed by atoms with Crippen molar-refractivity contribution >= 4 is 21.6 Å². The van der Waals surface area contributed by atoms with Gasteiger partial charge >= 0.3 is 0 Å². The summed E-state index contributed by atoms with van der Waals surface area (Å²) >= 11 is 6.02. The number of likely N-dealkylation sites (N-methyl/N-ethyl adjacent to an activating group) is 1. The van der Waals surface area contributed by atoms with Crippen LogP contribution in [0.15, 0.2) is 30.5 Å². The highest BCUT2D eigenvalue weighted by Crippen LogP contribution is 2.22. The van der Waals surface area contributed by atoms with Crippen LogP contribution in [0.25, 0.3) is 0 Å². The maximum Gasteiger partial charge on any atom is 0.216 e. The molecule has 2 saturated heterocycles. The van der Waals surface area contributed by atoms with Gasteiger partial charge in [-0.15, -0.1) is 5.10 Å². The lowest BCUT2D eigenvalue weighted by molar-refractivity contribution is 0.116. The third kappa shape index (κ3) is 4.55. The van der Waals surface area contributed by atoms with Crippen molar-refractivity contribution in [2.24, 2.45) is 0 Å². The van der Waals surface area contributed by atoms with Gasteiger partial charge in [-0.25, -0.2) is 13.1 Å². The Morgan fingerprint density at radius 3 is 2.71 bits per heavy atom. The second-order valence-electron chi connectivity index (χ2n) is 7.60. The van der Waals surface area contributed by atoms with Crippen molar-refractivity contribution in [1.82, 2.24) is 29.1 Å². The van der Waals surface area contributed by atoms with Crippen LogP contribution in [0.2, 0.25) is 5.02 Å². The van der Waals surface area contributed by atoms with E-state index >= 15 is 0 Å². The lowest BCUT2D eigenvalue weighted by Crippen LogP contribution is -2.50. The summed E-state index contributed by atoms with van der Waals surface area (Å²) in [6.07, 6.45) is 1.81. The topological polar surface area (TPSA) is 74.6 Å². The van der Waals surface area contributed by atoms with E-state index in [9.17, 15) is 8.42 Å². The molecule has 10 heteroatoms. The molecule has 2 fully saturated rings. The van der Waals surface area contributed by atoms with Crippen LogP contribution in [-0.4, -0.2) is 89.1 Å². The molecule has 0 saturated carbocycles. The molecule has 0 radical (unpaired) electrons. The third-order valence-electron chi connectivity index (χ3n) is 5.42. The summed E-state index contributed by atoms with van der Waals surface area (Å²) in [5.74, 6) is 0.188. The monoisotopic (exact) mass is 424 g/mol. The van der Waals surface area contributed by atoms with Gasteiger partial charge in [0.15, 0.2) is 0 Å². The van der Waals surface area contributed by atoms with E-state index in [1.54, 1.807) is 15.2 Å². The van der Waals surface area contributed by atoms with Crippen LogP contribution >= 0.6 is 11.6 Å². The summed E-state index contributed by atoms with van der Waals surface area (Å²) < 4.78 is 28.5. The molecule has 1 atom stereocenters. The molecule has 3 heterocycles. The highest BCUT2D eigenvalue weighted by Gasteiger charge is 2.39. The van der Waals surface area contributed by atoms with Gasteiger partial charge in [0.2, 0.25) is 10.0 Å². The van der Waals surface area contributed by atoms with Gasteiger partial charge in [0, 0.05) is 43.8 Å². The Bertz CT molecular complexity index is 926. The van der Waals surface area contributed by atoms with Crippen LogP contribution in [0.4, 0.5) is 0 Å². The van der Waals surface area contributed by atoms with E-state index in [4.69, 9.17) is 11.6 Å². The Kier molecular flexibility index (Phi) is 5.71. The molecule has 2 aromatic rings. The lowest BCUT2D eigenvalue weighted by Gasteiger charge is -2.35. The first-order chi connectivity index (χ1) is 13.4. The van der Waals surface area contributed by atoms with Gasteiger partial charge in [0.05, 0.1) is 30.7 Å². The molecule has 1 unspecified atom stereocenters. The Morgan fingerprint density at radius 2 is 1.96 bits per heavy atom. The molecule has 4 rings (SSSR count). The average molecular weight is 425 g/mol. The maximum absolute atomic E-state index is 12.6. The number of hydrogen-bond acceptors (Lipinski definition) is 6. The highest BCUT2D eigenvalue weighted by atomic mass is 35.5. The summed E-state index contributed by atoms with van der Waals surface area (Å²) in [5, 5.41) is 8.98. The summed E-state index contributed by atoms with van der Waals surface area (Å²) in [7, 11) is -1.17. The van der Waals surface area contributed by atoms with Crippen molar-refractivity contribution < 1.29 is 8.42 Å². The van der Waals surface area contributed by atoms with Crippen molar-refractivity contribution in [3.05, 3.63) is 46.7 Å². The van der Waals surface area contributed by atoms with Crippen molar-refractivity contribution in [1.29, 1.82) is 0 Å². The summed E-state index contributed by atoms with van der Waals surface area (Å²) in [6.45, 7) is 5.13. The van der Waals surface area contributed by atoms with Gasteiger partial charge in [-0.2, -0.15) is 4.31 Å². The quantitative estimate of drug-likeness (QED) is 0.704. The molecular weight excluding hydrogens is 400 g/mol. The Balaban J connectivity index is 1.39. The van der Waals surface area contributed by atoms with Crippen molar-refractivity contribution in [3.8, 4) is 0 Å². The van der Waals surface area contributed by atoms with E-state index in [0.717, 1.165) is 31.7 Å². The molecule has 0 N–H and O–H groups in total. The fourth-order valence-electron chi connectivity index (χ4n) is 3.81. The second kappa shape index (κ2) is 8.08. The largest absolute Gasteiger partial charge is 0.304 e. The van der Waals surface area contributed by atoms with Crippen LogP contribution in [0.3, 0.4) is 0 Å². The molecule has 8 nitrogen and oxygen atoms in total. The minimum absolute atomic E-state index is 0.0557. The Labute approximate surface area is 170 Å². The predicted molar refractivity (Wildman–Crippen MR) is 108 cm³/mol. The van der Waals surface area contributed by atoms with E-state index < -0.39 is 10.0 Å². The van der Waals surface area contributed by atoms with Crippen LogP contribution < -0.4 is 0 Å². The Morgan fingerprint density at radius 1 is 1.18 bits per heavy atom. The smallest absolute Gasteiger partial charge is 0.216 e. The predicted octanol–water partition coefficient (Wildman–Crippen LogP) is 0.741. The number of sulfonamides is 1. The number of benzene rings is 1. The first-order valence-corrected chi connectivity index (χ1v) is 11.4. The van der Waals surface area contributed by atoms with Gasteiger partial charge in [0.1, 0.15) is 0 Å². The summed E-state index contributed by atoms with van der Waals surface area (Å²) in [6, 6.07) is 7.63. The highest BCUT2D eigenvalue weighted by molar-refractivity contribution is 7.89. The SMILES string of the molecule is CN1CCN(C2CN(Cc3cn(Cc4cccc(Cl)c4)nn3)S(=O)(=O)C2)CC1.